The Hall–Kier alpha value is -4.37. The molecular formula is C23H18N4O5. The van der Waals surface area contributed by atoms with Crippen LogP contribution in [0.2, 0.25) is 0 Å². The van der Waals surface area contributed by atoms with Crippen LogP contribution in [-0.2, 0) is 5.72 Å². The van der Waals surface area contributed by atoms with Crippen molar-refractivity contribution in [1.29, 1.82) is 0 Å². The number of hydrogen-bond donors (Lipinski definition) is 4. The Balaban J connectivity index is 1.68. The summed E-state index contributed by atoms with van der Waals surface area (Å²) in [6.07, 6.45) is -1.25. The minimum absolute atomic E-state index is 0.0616. The standard InChI is InChI=1S/C23H18N4O5/c1-32-15-9-7-14(8-10-15)27-20(28)16-4-2-3-5-17(16)23(27,31)13-6-11-18-19(12-13)25-21(24-18)26-22(29)30/h2-12,31H,1H3,(H,29,30)(H2,24,25,26). The van der Waals surface area contributed by atoms with Gasteiger partial charge in [0.15, 0.2) is 5.72 Å². The Bertz CT molecular complexity index is 1360. The molecule has 2 amide bonds. The Morgan fingerprint density at radius 3 is 2.59 bits per heavy atom. The number of rotatable bonds is 4. The number of carbonyl (C=O) groups is 2. The molecule has 32 heavy (non-hydrogen) atoms. The first-order valence-electron chi connectivity index (χ1n) is 9.72. The van der Waals surface area contributed by atoms with E-state index in [1.807, 2.05) is 0 Å². The number of nitrogens with zero attached hydrogens (tertiary/aromatic N) is 2. The molecule has 0 aliphatic carbocycles. The molecule has 2 heterocycles. The second-order valence-electron chi connectivity index (χ2n) is 7.30. The molecule has 0 bridgehead atoms. The zero-order valence-electron chi connectivity index (χ0n) is 16.9. The number of imidazole rings is 1. The van der Waals surface area contributed by atoms with Crippen LogP contribution in [0.1, 0.15) is 21.5 Å². The summed E-state index contributed by atoms with van der Waals surface area (Å²) in [7, 11) is 1.55. The molecule has 1 aromatic heterocycles. The predicted molar refractivity (Wildman–Crippen MR) is 117 cm³/mol. The van der Waals surface area contributed by atoms with Gasteiger partial charge in [-0.05, 0) is 42.5 Å². The maximum absolute atomic E-state index is 13.4. The Morgan fingerprint density at radius 1 is 1.12 bits per heavy atom. The zero-order chi connectivity index (χ0) is 22.5. The normalized spacial score (nSPS) is 17.4. The number of nitrogens with one attached hydrogen (secondary N) is 2. The highest BCUT2D eigenvalue weighted by Gasteiger charge is 2.50. The Kier molecular flexibility index (Phi) is 4.35. The summed E-state index contributed by atoms with van der Waals surface area (Å²) in [4.78, 5) is 32.7. The topological polar surface area (TPSA) is 128 Å². The summed E-state index contributed by atoms with van der Waals surface area (Å²) >= 11 is 0. The van der Waals surface area contributed by atoms with Crippen molar-refractivity contribution in [3.8, 4) is 5.75 Å². The number of carboxylic acid groups (broad SMARTS) is 1. The van der Waals surface area contributed by atoms with Crippen molar-refractivity contribution in [2.75, 3.05) is 17.3 Å². The van der Waals surface area contributed by atoms with Gasteiger partial charge in [-0.2, -0.15) is 0 Å². The first-order chi connectivity index (χ1) is 15.4. The van der Waals surface area contributed by atoms with Gasteiger partial charge in [0.25, 0.3) is 5.91 Å². The molecule has 4 N–H and O–H groups in total. The van der Waals surface area contributed by atoms with Crippen LogP contribution in [0.4, 0.5) is 16.4 Å². The number of aromatic amines is 1. The van der Waals surface area contributed by atoms with Crippen molar-refractivity contribution in [3.63, 3.8) is 0 Å². The van der Waals surface area contributed by atoms with Gasteiger partial charge in [-0.15, -0.1) is 0 Å². The van der Waals surface area contributed by atoms with Crippen LogP contribution < -0.4 is 15.0 Å². The number of H-pyrrole nitrogens is 1. The number of anilines is 2. The molecule has 3 aromatic carbocycles. The molecule has 1 unspecified atom stereocenters. The predicted octanol–water partition coefficient (Wildman–Crippen LogP) is 3.52. The fraction of sp³-hybridized carbons (Fsp3) is 0.0870. The van der Waals surface area contributed by atoms with E-state index in [0.29, 0.717) is 39.2 Å². The van der Waals surface area contributed by atoms with E-state index in [2.05, 4.69) is 15.3 Å². The van der Waals surface area contributed by atoms with Crippen LogP contribution in [0.25, 0.3) is 11.0 Å². The molecule has 0 radical (unpaired) electrons. The molecule has 9 heteroatoms. The first kappa shape index (κ1) is 19.6. The third-order valence-corrected chi connectivity index (χ3v) is 5.50. The van der Waals surface area contributed by atoms with Crippen LogP contribution in [0.5, 0.6) is 5.75 Å². The van der Waals surface area contributed by atoms with Crippen LogP contribution >= 0.6 is 0 Å². The maximum atomic E-state index is 13.4. The Morgan fingerprint density at radius 2 is 1.88 bits per heavy atom. The average molecular weight is 430 g/mol. The number of benzene rings is 3. The van der Waals surface area contributed by atoms with Gasteiger partial charge in [0.1, 0.15) is 5.75 Å². The van der Waals surface area contributed by atoms with Crippen LogP contribution in [0.3, 0.4) is 0 Å². The van der Waals surface area contributed by atoms with Gasteiger partial charge in [0, 0.05) is 22.4 Å². The van der Waals surface area contributed by atoms with E-state index in [0.717, 1.165) is 0 Å². The summed E-state index contributed by atoms with van der Waals surface area (Å²) < 4.78 is 5.21. The molecule has 9 nitrogen and oxygen atoms in total. The third-order valence-electron chi connectivity index (χ3n) is 5.50. The lowest BCUT2D eigenvalue weighted by molar-refractivity contribution is 0.0704. The number of aliphatic hydroxyl groups is 1. The molecule has 0 fully saturated rings. The summed E-state index contributed by atoms with van der Waals surface area (Å²) in [6.45, 7) is 0. The highest BCUT2D eigenvalue weighted by Crippen LogP contribution is 2.45. The molecule has 1 atom stereocenters. The number of hydrogen-bond acceptors (Lipinski definition) is 5. The largest absolute Gasteiger partial charge is 0.497 e. The highest BCUT2D eigenvalue weighted by molar-refractivity contribution is 6.12. The summed E-state index contributed by atoms with van der Waals surface area (Å²) in [5, 5.41) is 23.2. The molecule has 4 aromatic rings. The highest BCUT2D eigenvalue weighted by atomic mass is 16.5. The zero-order valence-corrected chi connectivity index (χ0v) is 16.9. The molecular weight excluding hydrogens is 412 g/mol. The lowest BCUT2D eigenvalue weighted by Gasteiger charge is -2.35. The number of ether oxygens (including phenoxy) is 1. The van der Waals surface area contributed by atoms with Gasteiger partial charge >= 0.3 is 6.09 Å². The van der Waals surface area contributed by atoms with Crippen molar-refractivity contribution in [3.05, 3.63) is 83.4 Å². The van der Waals surface area contributed by atoms with Crippen LogP contribution in [-0.4, -0.2) is 39.3 Å². The van der Waals surface area contributed by atoms with E-state index in [4.69, 9.17) is 9.84 Å². The lowest BCUT2D eigenvalue weighted by atomic mass is 9.93. The Labute approximate surface area is 181 Å². The van der Waals surface area contributed by atoms with Gasteiger partial charge in [-0.3, -0.25) is 15.0 Å². The van der Waals surface area contributed by atoms with Gasteiger partial charge < -0.3 is 19.9 Å². The third kappa shape index (κ3) is 2.87. The van der Waals surface area contributed by atoms with Crippen molar-refractivity contribution in [2.45, 2.75) is 5.72 Å². The van der Waals surface area contributed by atoms with Crippen LogP contribution in [0, 0.1) is 0 Å². The summed E-state index contributed by atoms with van der Waals surface area (Å²) in [5.74, 6) is 0.341. The SMILES string of the molecule is COc1ccc(N2C(=O)c3ccccc3C2(O)c2ccc3[nH]c(NC(=O)O)nc3c2)cc1. The second-order valence-corrected chi connectivity index (χ2v) is 7.30. The number of methoxy groups -OCH3 is 1. The van der Waals surface area contributed by atoms with Crippen molar-refractivity contribution in [2.24, 2.45) is 0 Å². The van der Waals surface area contributed by atoms with Gasteiger partial charge in [-0.25, -0.2) is 9.78 Å². The first-order valence-corrected chi connectivity index (χ1v) is 9.72. The van der Waals surface area contributed by atoms with Gasteiger partial charge in [0.05, 0.1) is 18.1 Å². The fourth-order valence-electron chi connectivity index (χ4n) is 4.06. The van der Waals surface area contributed by atoms with E-state index >= 15 is 0 Å². The van der Waals surface area contributed by atoms with E-state index in [9.17, 15) is 14.7 Å². The maximum Gasteiger partial charge on any atom is 0.411 e. The molecule has 5 rings (SSSR count). The van der Waals surface area contributed by atoms with E-state index in [1.165, 1.54) is 4.90 Å². The number of amides is 2. The van der Waals surface area contributed by atoms with E-state index in [1.54, 1.807) is 73.8 Å². The quantitative estimate of drug-likeness (QED) is 0.392. The van der Waals surface area contributed by atoms with Gasteiger partial charge in [0.2, 0.25) is 5.95 Å². The monoisotopic (exact) mass is 430 g/mol. The minimum atomic E-state index is -1.80. The van der Waals surface area contributed by atoms with E-state index in [-0.39, 0.29) is 11.9 Å². The molecule has 160 valence electrons. The fourth-order valence-corrected chi connectivity index (χ4v) is 4.06. The molecule has 0 spiro atoms. The van der Waals surface area contributed by atoms with Crippen molar-refractivity contribution in [1.82, 2.24) is 9.97 Å². The van der Waals surface area contributed by atoms with Gasteiger partial charge in [-0.1, -0.05) is 24.3 Å². The summed E-state index contributed by atoms with van der Waals surface area (Å²) in [5.41, 5.74) is 0.953. The average Bonchev–Trinajstić information content (AvgIpc) is 3.29. The van der Waals surface area contributed by atoms with Crippen molar-refractivity contribution < 1.29 is 24.5 Å². The smallest absolute Gasteiger partial charge is 0.411 e. The number of carbonyl (C=O) groups excluding carboxylic acids is 1. The minimum Gasteiger partial charge on any atom is -0.497 e. The van der Waals surface area contributed by atoms with Crippen molar-refractivity contribution >= 4 is 34.7 Å². The molecule has 0 saturated carbocycles. The number of aromatic nitrogens is 2. The number of fused-ring (bicyclic) bond motifs is 2. The van der Waals surface area contributed by atoms with Crippen LogP contribution in [0.15, 0.2) is 66.7 Å². The second kappa shape index (κ2) is 7.10. The molecule has 1 aliphatic heterocycles. The summed E-state index contributed by atoms with van der Waals surface area (Å²) in [6, 6.07) is 18.7. The molecule has 0 saturated heterocycles. The van der Waals surface area contributed by atoms with E-state index < -0.39 is 11.8 Å². The molecule has 1 aliphatic rings. The lowest BCUT2D eigenvalue weighted by Crippen LogP contribution is -2.45.